The van der Waals surface area contributed by atoms with E-state index in [0.29, 0.717) is 22.1 Å². The number of anilines is 2. The molecule has 1 aliphatic heterocycles. The van der Waals surface area contributed by atoms with Gasteiger partial charge in [0.05, 0.1) is 23.4 Å². The monoisotopic (exact) mass is 410 g/mol. The number of carbonyl (C=O) groups is 2. The summed E-state index contributed by atoms with van der Waals surface area (Å²) < 4.78 is 5.46. The molecule has 1 atom stereocenters. The topological polar surface area (TPSA) is 58.6 Å². The molecule has 0 radical (unpaired) electrons. The highest BCUT2D eigenvalue weighted by Gasteiger charge is 2.36. The van der Waals surface area contributed by atoms with Crippen molar-refractivity contribution in [2.24, 2.45) is 0 Å². The van der Waals surface area contributed by atoms with Crippen LogP contribution in [0.3, 0.4) is 0 Å². The van der Waals surface area contributed by atoms with Crippen molar-refractivity contribution in [1.29, 1.82) is 0 Å². The smallest absolute Gasteiger partial charge is 0.265 e. The van der Waals surface area contributed by atoms with E-state index in [1.54, 1.807) is 18.1 Å². The van der Waals surface area contributed by atoms with E-state index in [2.05, 4.69) is 5.32 Å². The van der Waals surface area contributed by atoms with Gasteiger partial charge < -0.3 is 10.1 Å². The molecule has 0 aliphatic carbocycles. The molecule has 4 rings (SSSR count). The van der Waals surface area contributed by atoms with Crippen molar-refractivity contribution in [2.45, 2.75) is 5.37 Å². The van der Waals surface area contributed by atoms with Crippen LogP contribution >= 0.6 is 23.1 Å². The Kier molecular flexibility index (Phi) is 5.36. The molecule has 1 aromatic heterocycles. The number of hydrogen-bond acceptors (Lipinski definition) is 5. The van der Waals surface area contributed by atoms with E-state index in [1.165, 1.54) is 23.1 Å². The third-order valence-electron chi connectivity index (χ3n) is 4.43. The van der Waals surface area contributed by atoms with Crippen LogP contribution in [0, 0.1) is 0 Å². The molecule has 142 valence electrons. The largest absolute Gasteiger partial charge is 0.495 e. The highest BCUT2D eigenvalue weighted by atomic mass is 32.2. The first-order valence-electron chi connectivity index (χ1n) is 8.69. The zero-order chi connectivity index (χ0) is 19.5. The fourth-order valence-electron chi connectivity index (χ4n) is 3.16. The van der Waals surface area contributed by atoms with Crippen LogP contribution in [-0.4, -0.2) is 24.7 Å². The summed E-state index contributed by atoms with van der Waals surface area (Å²) in [5.41, 5.74) is 2.31. The molecule has 0 unspecified atom stereocenters. The van der Waals surface area contributed by atoms with Gasteiger partial charge in [-0.05, 0) is 29.6 Å². The third-order valence-corrected chi connectivity index (χ3v) is 6.50. The summed E-state index contributed by atoms with van der Waals surface area (Å²) in [6.45, 7) is 0. The summed E-state index contributed by atoms with van der Waals surface area (Å²) in [6, 6.07) is 18.7. The summed E-state index contributed by atoms with van der Waals surface area (Å²) in [5, 5.41) is 4.62. The van der Waals surface area contributed by atoms with Gasteiger partial charge in [0.1, 0.15) is 11.1 Å². The minimum Gasteiger partial charge on any atom is -0.495 e. The number of thioether (sulfide) groups is 1. The highest BCUT2D eigenvalue weighted by Crippen LogP contribution is 2.46. The van der Waals surface area contributed by atoms with E-state index in [0.717, 1.165) is 11.3 Å². The molecule has 1 aliphatic rings. The number of methoxy groups -OCH3 is 1. The van der Waals surface area contributed by atoms with Crippen molar-refractivity contribution in [2.75, 3.05) is 23.1 Å². The van der Waals surface area contributed by atoms with Gasteiger partial charge in [-0.1, -0.05) is 36.4 Å². The predicted molar refractivity (Wildman–Crippen MR) is 114 cm³/mol. The molecule has 0 saturated carbocycles. The molecule has 3 aromatic rings. The van der Waals surface area contributed by atoms with Crippen molar-refractivity contribution < 1.29 is 14.3 Å². The summed E-state index contributed by atoms with van der Waals surface area (Å²) in [6.07, 6.45) is 0. The SMILES string of the molecule is COc1ccccc1N1C(=O)CS[C@@H]1c1ccccc1NC(=O)c1cccs1. The van der Waals surface area contributed by atoms with Crippen molar-refractivity contribution in [3.05, 3.63) is 76.5 Å². The van der Waals surface area contributed by atoms with Crippen LogP contribution in [0.25, 0.3) is 0 Å². The second kappa shape index (κ2) is 8.08. The van der Waals surface area contributed by atoms with Crippen LogP contribution in [-0.2, 0) is 4.79 Å². The Morgan fingerprint density at radius 1 is 1.11 bits per heavy atom. The molecule has 5 nitrogen and oxygen atoms in total. The number of nitrogens with one attached hydrogen (secondary N) is 1. The number of carbonyl (C=O) groups excluding carboxylic acids is 2. The number of nitrogens with zero attached hydrogens (tertiary/aromatic N) is 1. The fraction of sp³-hybridized carbons (Fsp3) is 0.143. The maximum absolute atomic E-state index is 12.7. The summed E-state index contributed by atoms with van der Waals surface area (Å²) in [4.78, 5) is 27.7. The lowest BCUT2D eigenvalue weighted by Gasteiger charge is -2.27. The Morgan fingerprint density at radius 2 is 1.89 bits per heavy atom. The minimum absolute atomic E-state index is 0.0129. The van der Waals surface area contributed by atoms with Crippen LogP contribution in [0.15, 0.2) is 66.0 Å². The van der Waals surface area contributed by atoms with E-state index in [9.17, 15) is 9.59 Å². The highest BCUT2D eigenvalue weighted by molar-refractivity contribution is 8.00. The molecule has 0 bridgehead atoms. The van der Waals surface area contributed by atoms with Crippen LogP contribution in [0.1, 0.15) is 20.6 Å². The third kappa shape index (κ3) is 3.50. The first-order chi connectivity index (χ1) is 13.7. The first kappa shape index (κ1) is 18.6. The quantitative estimate of drug-likeness (QED) is 0.657. The number of thiophene rings is 1. The standard InChI is InChI=1S/C21H18N2O3S2/c1-26-17-10-5-4-9-16(17)23-19(24)13-28-21(23)14-7-2-3-8-15(14)22-20(25)18-11-6-12-27-18/h2-12,21H,13H2,1H3,(H,22,25)/t21-/m1/s1. The Hall–Kier alpha value is -2.77. The zero-order valence-corrected chi connectivity index (χ0v) is 16.8. The summed E-state index contributed by atoms with van der Waals surface area (Å²) >= 11 is 2.93. The van der Waals surface area contributed by atoms with Crippen LogP contribution in [0.2, 0.25) is 0 Å². The van der Waals surface area contributed by atoms with Gasteiger partial charge in [-0.2, -0.15) is 0 Å². The first-order valence-corrected chi connectivity index (χ1v) is 10.6. The normalized spacial score (nSPS) is 16.2. The predicted octanol–water partition coefficient (Wildman–Crippen LogP) is 4.79. The van der Waals surface area contributed by atoms with Gasteiger partial charge in [-0.15, -0.1) is 23.1 Å². The summed E-state index contributed by atoms with van der Waals surface area (Å²) in [5.74, 6) is 0.874. The van der Waals surface area contributed by atoms with Crippen molar-refractivity contribution in [1.82, 2.24) is 0 Å². The van der Waals surface area contributed by atoms with Crippen molar-refractivity contribution >= 4 is 46.3 Å². The molecule has 2 heterocycles. The molecule has 28 heavy (non-hydrogen) atoms. The van der Waals surface area contributed by atoms with Crippen LogP contribution < -0.4 is 15.0 Å². The molecule has 2 aromatic carbocycles. The van der Waals surface area contributed by atoms with E-state index >= 15 is 0 Å². The van der Waals surface area contributed by atoms with E-state index < -0.39 is 0 Å². The van der Waals surface area contributed by atoms with Crippen molar-refractivity contribution in [3.63, 3.8) is 0 Å². The number of benzene rings is 2. The molecular weight excluding hydrogens is 392 g/mol. The number of ether oxygens (including phenoxy) is 1. The molecule has 2 amide bonds. The number of amides is 2. The van der Waals surface area contributed by atoms with E-state index in [1.807, 2.05) is 60.0 Å². The molecule has 7 heteroatoms. The lowest BCUT2D eigenvalue weighted by atomic mass is 10.1. The number of rotatable bonds is 5. The Balaban J connectivity index is 1.70. The maximum atomic E-state index is 12.7. The molecular formula is C21H18N2O3S2. The number of para-hydroxylation sites is 3. The van der Waals surface area contributed by atoms with E-state index in [4.69, 9.17) is 4.74 Å². The lowest BCUT2D eigenvalue weighted by molar-refractivity contribution is -0.115. The lowest BCUT2D eigenvalue weighted by Crippen LogP contribution is -2.29. The Labute approximate surface area is 171 Å². The molecule has 0 spiro atoms. The van der Waals surface area contributed by atoms with Gasteiger partial charge in [0.2, 0.25) is 5.91 Å². The maximum Gasteiger partial charge on any atom is 0.265 e. The second-order valence-corrected chi connectivity index (χ2v) is 8.13. The van der Waals surface area contributed by atoms with Crippen molar-refractivity contribution in [3.8, 4) is 5.75 Å². The minimum atomic E-state index is -0.247. The average molecular weight is 411 g/mol. The van der Waals surface area contributed by atoms with Gasteiger partial charge in [-0.25, -0.2) is 0 Å². The Morgan fingerprint density at radius 3 is 2.68 bits per heavy atom. The molecule has 1 N–H and O–H groups in total. The summed E-state index contributed by atoms with van der Waals surface area (Å²) in [7, 11) is 1.59. The average Bonchev–Trinajstić information content (AvgIpc) is 3.38. The molecule has 1 saturated heterocycles. The second-order valence-electron chi connectivity index (χ2n) is 6.12. The van der Waals surface area contributed by atoms with Crippen LogP contribution in [0.5, 0.6) is 5.75 Å². The van der Waals surface area contributed by atoms with Gasteiger partial charge in [-0.3, -0.25) is 14.5 Å². The number of hydrogen-bond donors (Lipinski definition) is 1. The molecule has 1 fully saturated rings. The van der Waals surface area contributed by atoms with Crippen LogP contribution in [0.4, 0.5) is 11.4 Å². The fourth-order valence-corrected chi connectivity index (χ4v) is 4.99. The van der Waals surface area contributed by atoms with Gasteiger partial charge in [0.15, 0.2) is 0 Å². The van der Waals surface area contributed by atoms with Gasteiger partial charge in [0.25, 0.3) is 5.91 Å². The van der Waals surface area contributed by atoms with Gasteiger partial charge in [0, 0.05) is 11.3 Å². The van der Waals surface area contributed by atoms with Gasteiger partial charge >= 0.3 is 0 Å². The zero-order valence-electron chi connectivity index (χ0n) is 15.1. The Bertz CT molecular complexity index is 1000. The van der Waals surface area contributed by atoms with E-state index in [-0.39, 0.29) is 17.2 Å².